The smallest absolute Gasteiger partial charge is 0.287 e. The van der Waals surface area contributed by atoms with Crippen molar-refractivity contribution in [2.24, 2.45) is 0 Å². The predicted molar refractivity (Wildman–Crippen MR) is 59.1 cm³/mol. The Kier molecular flexibility index (Phi) is 3.14. The lowest BCUT2D eigenvalue weighted by Gasteiger charge is -2.10. The molecule has 1 heterocycles. The van der Waals surface area contributed by atoms with Gasteiger partial charge in [0.2, 0.25) is 5.78 Å². The average molecular weight is 251 g/mol. The first-order chi connectivity index (χ1) is 8.50. The maximum Gasteiger partial charge on any atom is 0.418 e. The van der Waals surface area contributed by atoms with E-state index in [1.54, 1.807) is 18.2 Å². The molecule has 0 spiro atoms. The predicted octanol–water partition coefficient (Wildman–Crippen LogP) is 3.33. The highest BCUT2D eigenvalue weighted by molar-refractivity contribution is 6.08. The van der Waals surface area contributed by atoms with E-state index in [9.17, 15) is 18.0 Å². The Morgan fingerprint density at radius 2 is 1.67 bits per heavy atom. The van der Waals surface area contributed by atoms with Crippen LogP contribution in [0.15, 0.2) is 48.7 Å². The standard InChI is InChI=1S/C13H8F3NO/c14-13(15,16)10-7-4-8-17-11(10)12(18)9-5-2-1-3-6-9/h1-8H. The van der Waals surface area contributed by atoms with Crippen LogP contribution in [0, 0.1) is 0 Å². The maximum absolute atomic E-state index is 12.7. The van der Waals surface area contributed by atoms with Crippen LogP contribution in [-0.4, -0.2) is 10.8 Å². The summed E-state index contributed by atoms with van der Waals surface area (Å²) < 4.78 is 38.2. The number of hydrogen-bond donors (Lipinski definition) is 0. The van der Waals surface area contributed by atoms with Gasteiger partial charge in [-0.05, 0) is 12.1 Å². The molecule has 0 atom stereocenters. The van der Waals surface area contributed by atoms with E-state index in [0.717, 1.165) is 12.1 Å². The molecule has 0 aliphatic rings. The van der Waals surface area contributed by atoms with Crippen LogP contribution in [-0.2, 0) is 6.18 Å². The van der Waals surface area contributed by atoms with Crippen molar-refractivity contribution in [3.05, 3.63) is 65.5 Å². The zero-order valence-electron chi connectivity index (χ0n) is 9.11. The largest absolute Gasteiger partial charge is 0.418 e. The maximum atomic E-state index is 12.7. The third-order valence-corrected chi connectivity index (χ3v) is 2.36. The van der Waals surface area contributed by atoms with E-state index in [0.29, 0.717) is 0 Å². The van der Waals surface area contributed by atoms with E-state index in [1.807, 2.05) is 0 Å². The van der Waals surface area contributed by atoms with Crippen molar-refractivity contribution >= 4 is 5.78 Å². The molecule has 2 aromatic rings. The molecule has 0 N–H and O–H groups in total. The molecular weight excluding hydrogens is 243 g/mol. The number of benzene rings is 1. The van der Waals surface area contributed by atoms with E-state index in [-0.39, 0.29) is 5.56 Å². The van der Waals surface area contributed by atoms with Gasteiger partial charge in [0.1, 0.15) is 5.69 Å². The number of pyridine rings is 1. The lowest BCUT2D eigenvalue weighted by atomic mass is 10.0. The summed E-state index contributed by atoms with van der Waals surface area (Å²) in [6.45, 7) is 0. The number of carbonyl (C=O) groups is 1. The first-order valence-corrected chi connectivity index (χ1v) is 5.12. The Balaban J connectivity index is 2.50. The molecule has 0 bridgehead atoms. The zero-order valence-corrected chi connectivity index (χ0v) is 9.11. The molecule has 0 radical (unpaired) electrons. The highest BCUT2D eigenvalue weighted by atomic mass is 19.4. The summed E-state index contributed by atoms with van der Waals surface area (Å²) in [5.41, 5.74) is -1.41. The lowest BCUT2D eigenvalue weighted by molar-refractivity contribution is -0.138. The van der Waals surface area contributed by atoms with Crippen LogP contribution in [0.3, 0.4) is 0 Å². The van der Waals surface area contributed by atoms with Crippen molar-refractivity contribution in [2.75, 3.05) is 0 Å². The second-order valence-electron chi connectivity index (χ2n) is 3.59. The summed E-state index contributed by atoms with van der Waals surface area (Å²) in [6.07, 6.45) is -3.42. The van der Waals surface area contributed by atoms with Crippen molar-refractivity contribution in [1.82, 2.24) is 4.98 Å². The average Bonchev–Trinajstić information content (AvgIpc) is 2.38. The van der Waals surface area contributed by atoms with E-state index >= 15 is 0 Å². The number of alkyl halides is 3. The van der Waals surface area contributed by atoms with Crippen LogP contribution in [0.5, 0.6) is 0 Å². The lowest BCUT2D eigenvalue weighted by Crippen LogP contribution is -2.15. The minimum Gasteiger partial charge on any atom is -0.287 e. The molecule has 2 rings (SSSR count). The summed E-state index contributed by atoms with van der Waals surface area (Å²) in [5, 5.41) is 0. The highest BCUT2D eigenvalue weighted by Gasteiger charge is 2.35. The fourth-order valence-electron chi connectivity index (χ4n) is 1.54. The van der Waals surface area contributed by atoms with Gasteiger partial charge in [-0.15, -0.1) is 0 Å². The van der Waals surface area contributed by atoms with Crippen LogP contribution in [0.25, 0.3) is 0 Å². The van der Waals surface area contributed by atoms with Crippen molar-refractivity contribution in [2.45, 2.75) is 6.18 Å². The molecule has 5 heteroatoms. The summed E-state index contributed by atoms with van der Waals surface area (Å²) in [4.78, 5) is 15.5. The second-order valence-corrected chi connectivity index (χ2v) is 3.59. The molecule has 0 aliphatic heterocycles. The monoisotopic (exact) mass is 251 g/mol. The number of halogens is 3. The normalized spacial score (nSPS) is 11.3. The molecule has 0 aliphatic carbocycles. The van der Waals surface area contributed by atoms with E-state index in [2.05, 4.69) is 4.98 Å². The van der Waals surface area contributed by atoms with Gasteiger partial charge in [-0.2, -0.15) is 13.2 Å². The molecule has 2 nitrogen and oxygen atoms in total. The third-order valence-electron chi connectivity index (χ3n) is 2.36. The van der Waals surface area contributed by atoms with Crippen LogP contribution < -0.4 is 0 Å². The van der Waals surface area contributed by atoms with Gasteiger partial charge in [0.05, 0.1) is 5.56 Å². The molecule has 0 unspecified atom stereocenters. The number of hydrogen-bond acceptors (Lipinski definition) is 2. The Labute approximate surface area is 101 Å². The number of nitrogens with zero attached hydrogens (tertiary/aromatic N) is 1. The van der Waals surface area contributed by atoms with Gasteiger partial charge >= 0.3 is 6.18 Å². The number of carbonyl (C=O) groups excluding carboxylic acids is 1. The summed E-state index contributed by atoms with van der Waals surface area (Å²) >= 11 is 0. The minimum absolute atomic E-state index is 0.182. The molecule has 0 saturated heterocycles. The first-order valence-electron chi connectivity index (χ1n) is 5.12. The number of rotatable bonds is 2. The fourth-order valence-corrected chi connectivity index (χ4v) is 1.54. The Morgan fingerprint density at radius 3 is 2.28 bits per heavy atom. The molecule has 0 saturated carbocycles. The molecule has 1 aromatic heterocycles. The number of ketones is 1. The quantitative estimate of drug-likeness (QED) is 0.766. The Hall–Kier alpha value is -2.17. The molecule has 1 aromatic carbocycles. The van der Waals surface area contributed by atoms with Crippen LogP contribution in [0.2, 0.25) is 0 Å². The zero-order chi connectivity index (χ0) is 13.2. The van der Waals surface area contributed by atoms with E-state index in [1.165, 1.54) is 18.3 Å². The van der Waals surface area contributed by atoms with Crippen molar-refractivity contribution in [1.29, 1.82) is 0 Å². The molecule has 0 amide bonds. The second kappa shape index (κ2) is 4.60. The van der Waals surface area contributed by atoms with Crippen molar-refractivity contribution in [3.63, 3.8) is 0 Å². The van der Waals surface area contributed by atoms with Gasteiger partial charge in [0.25, 0.3) is 0 Å². The molecule has 92 valence electrons. The van der Waals surface area contributed by atoms with E-state index in [4.69, 9.17) is 0 Å². The van der Waals surface area contributed by atoms with Crippen molar-refractivity contribution < 1.29 is 18.0 Å². The summed E-state index contributed by atoms with van der Waals surface area (Å²) in [7, 11) is 0. The van der Waals surface area contributed by atoms with Crippen molar-refractivity contribution in [3.8, 4) is 0 Å². The molecule has 18 heavy (non-hydrogen) atoms. The van der Waals surface area contributed by atoms with Crippen LogP contribution in [0.1, 0.15) is 21.6 Å². The number of aromatic nitrogens is 1. The molecule has 0 fully saturated rings. The first kappa shape index (κ1) is 12.3. The Bertz CT molecular complexity index is 564. The van der Waals surface area contributed by atoms with Gasteiger partial charge in [-0.25, -0.2) is 0 Å². The Morgan fingerprint density at radius 1 is 1.00 bits per heavy atom. The van der Waals surface area contributed by atoms with Gasteiger partial charge in [0, 0.05) is 11.8 Å². The topological polar surface area (TPSA) is 30.0 Å². The van der Waals surface area contributed by atoms with Gasteiger partial charge in [0.15, 0.2) is 0 Å². The SMILES string of the molecule is O=C(c1ccccc1)c1ncccc1C(F)(F)F. The summed E-state index contributed by atoms with van der Waals surface area (Å²) in [5.74, 6) is -0.733. The van der Waals surface area contributed by atoms with Crippen LogP contribution >= 0.6 is 0 Å². The van der Waals surface area contributed by atoms with E-state index < -0.39 is 23.2 Å². The van der Waals surface area contributed by atoms with Gasteiger partial charge in [-0.3, -0.25) is 9.78 Å². The molecular formula is C13H8F3NO. The third kappa shape index (κ3) is 2.40. The highest BCUT2D eigenvalue weighted by Crippen LogP contribution is 2.31. The minimum atomic E-state index is -4.59. The fraction of sp³-hybridized carbons (Fsp3) is 0.0769. The van der Waals surface area contributed by atoms with Gasteiger partial charge in [-0.1, -0.05) is 30.3 Å². The van der Waals surface area contributed by atoms with Crippen LogP contribution in [0.4, 0.5) is 13.2 Å². The summed E-state index contributed by atoms with van der Waals surface area (Å²) in [6, 6.07) is 9.77. The van der Waals surface area contributed by atoms with Gasteiger partial charge < -0.3 is 0 Å².